The molecule has 1 unspecified atom stereocenters. The molecule has 3 aromatic rings. The lowest BCUT2D eigenvalue weighted by atomic mass is 9.75. The number of nitrogens with zero attached hydrogens (tertiary/aromatic N) is 4. The Kier molecular flexibility index (Phi) is 5.28. The van der Waals surface area contributed by atoms with Crippen molar-refractivity contribution in [1.29, 1.82) is 5.26 Å². The van der Waals surface area contributed by atoms with Crippen LogP contribution in [0.1, 0.15) is 42.7 Å². The highest BCUT2D eigenvalue weighted by molar-refractivity contribution is 5.99. The molecule has 2 N–H and O–H groups in total. The van der Waals surface area contributed by atoms with Crippen LogP contribution in [0, 0.1) is 17.2 Å². The van der Waals surface area contributed by atoms with E-state index in [0.29, 0.717) is 37.3 Å². The average Bonchev–Trinajstić information content (AvgIpc) is 3.29. The van der Waals surface area contributed by atoms with Gasteiger partial charge in [0.1, 0.15) is 23.4 Å². The second-order valence-corrected chi connectivity index (χ2v) is 10.9. The summed E-state index contributed by atoms with van der Waals surface area (Å²) in [5, 5.41) is 14.5. The number of aromatic amines is 1. The van der Waals surface area contributed by atoms with E-state index in [0.717, 1.165) is 16.6 Å². The molecule has 0 radical (unpaired) electrons. The van der Waals surface area contributed by atoms with Crippen molar-refractivity contribution >= 4 is 28.5 Å². The molecule has 190 valence electrons. The zero-order valence-electron chi connectivity index (χ0n) is 21.2. The maximum atomic E-state index is 14.2. The summed E-state index contributed by atoms with van der Waals surface area (Å²) in [6, 6.07) is 14.5. The van der Waals surface area contributed by atoms with Crippen molar-refractivity contribution < 1.29 is 14.3 Å². The van der Waals surface area contributed by atoms with Crippen LogP contribution in [-0.2, 0) is 14.9 Å². The number of H-pyrrole nitrogens is 1. The van der Waals surface area contributed by atoms with Gasteiger partial charge in [0, 0.05) is 30.9 Å². The lowest BCUT2D eigenvalue weighted by Gasteiger charge is -2.34. The number of nitriles is 1. The molecule has 9 heteroatoms. The van der Waals surface area contributed by atoms with Crippen LogP contribution < -0.4 is 5.32 Å². The molecule has 0 saturated carbocycles. The number of para-hydroxylation sites is 1. The van der Waals surface area contributed by atoms with E-state index < -0.39 is 23.2 Å². The minimum atomic E-state index is -0.710. The Bertz CT molecular complexity index is 1400. The summed E-state index contributed by atoms with van der Waals surface area (Å²) >= 11 is 0. The molecule has 2 spiro atoms. The summed E-state index contributed by atoms with van der Waals surface area (Å²) in [6.45, 7) is 4.96. The van der Waals surface area contributed by atoms with Crippen molar-refractivity contribution in [2.75, 3.05) is 25.5 Å². The van der Waals surface area contributed by atoms with E-state index in [4.69, 9.17) is 4.74 Å². The summed E-state index contributed by atoms with van der Waals surface area (Å²) < 4.78 is 5.96. The SMILES string of the molecule is CC(C)C[C@@H](C(=O)N1C[C@@]2(C[C@H]1C#N)c1ccccc1NC21CO1)N(C)C(=O)c1cc2cccnc2[nH]1. The molecule has 9 nitrogen and oxygen atoms in total. The van der Waals surface area contributed by atoms with Crippen LogP contribution in [0.3, 0.4) is 0 Å². The molecule has 5 heterocycles. The Hall–Kier alpha value is -3.90. The van der Waals surface area contributed by atoms with Gasteiger partial charge in [0.25, 0.3) is 5.91 Å². The first-order valence-corrected chi connectivity index (χ1v) is 12.7. The van der Waals surface area contributed by atoms with E-state index in [9.17, 15) is 14.9 Å². The molecule has 2 amide bonds. The van der Waals surface area contributed by atoms with Crippen LogP contribution in [-0.4, -0.2) is 69.6 Å². The topological polar surface area (TPSA) is 118 Å². The third kappa shape index (κ3) is 3.50. The normalized spacial score (nSPS) is 26.4. The monoisotopic (exact) mass is 498 g/mol. The minimum Gasteiger partial charge on any atom is -0.355 e. The van der Waals surface area contributed by atoms with E-state index in [1.807, 2.05) is 44.2 Å². The summed E-state index contributed by atoms with van der Waals surface area (Å²) in [5.41, 5.74) is 1.98. The molecule has 2 aromatic heterocycles. The van der Waals surface area contributed by atoms with Gasteiger partial charge in [0.15, 0.2) is 5.72 Å². The summed E-state index contributed by atoms with van der Waals surface area (Å²) in [4.78, 5) is 38.3. The van der Waals surface area contributed by atoms with E-state index in [1.54, 1.807) is 24.2 Å². The highest BCUT2D eigenvalue weighted by atomic mass is 16.6. The zero-order valence-corrected chi connectivity index (χ0v) is 21.2. The number of benzene rings is 1. The van der Waals surface area contributed by atoms with Gasteiger partial charge in [-0.1, -0.05) is 32.0 Å². The molecule has 37 heavy (non-hydrogen) atoms. The molecule has 6 rings (SSSR count). The quantitative estimate of drug-likeness (QED) is 0.522. The molecular weight excluding hydrogens is 468 g/mol. The van der Waals surface area contributed by atoms with Gasteiger partial charge in [-0.25, -0.2) is 4.98 Å². The lowest BCUT2D eigenvalue weighted by molar-refractivity contribution is -0.136. The fourth-order valence-corrected chi connectivity index (χ4v) is 6.19. The van der Waals surface area contributed by atoms with Gasteiger partial charge in [-0.05, 0) is 48.6 Å². The van der Waals surface area contributed by atoms with Crippen LogP contribution in [0.25, 0.3) is 11.0 Å². The van der Waals surface area contributed by atoms with Crippen LogP contribution in [0.2, 0.25) is 0 Å². The van der Waals surface area contributed by atoms with Crippen molar-refractivity contribution in [3.63, 3.8) is 0 Å². The fraction of sp³-hybridized carbons (Fsp3) is 0.429. The highest BCUT2D eigenvalue weighted by Crippen LogP contribution is 2.59. The molecule has 2 fully saturated rings. The van der Waals surface area contributed by atoms with Crippen LogP contribution in [0.4, 0.5) is 5.69 Å². The number of amides is 2. The first kappa shape index (κ1) is 23.5. The number of likely N-dealkylation sites (tertiary alicyclic amines) is 1. The number of likely N-dealkylation sites (N-methyl/N-ethyl adjacent to an activating group) is 1. The number of hydrogen-bond acceptors (Lipinski definition) is 6. The third-order valence-electron chi connectivity index (χ3n) is 8.17. The predicted molar refractivity (Wildman–Crippen MR) is 138 cm³/mol. The number of carbonyl (C=O) groups is 2. The van der Waals surface area contributed by atoms with Crippen LogP contribution in [0.5, 0.6) is 0 Å². The molecule has 2 saturated heterocycles. The Balaban J connectivity index is 1.32. The lowest BCUT2D eigenvalue weighted by Crippen LogP contribution is -2.52. The van der Waals surface area contributed by atoms with Crippen molar-refractivity contribution in [2.24, 2.45) is 5.92 Å². The van der Waals surface area contributed by atoms with Crippen LogP contribution in [0.15, 0.2) is 48.7 Å². The summed E-state index contributed by atoms with van der Waals surface area (Å²) in [6.07, 6.45) is 2.64. The van der Waals surface area contributed by atoms with Crippen LogP contribution >= 0.6 is 0 Å². The van der Waals surface area contributed by atoms with Gasteiger partial charge in [-0.15, -0.1) is 0 Å². The number of rotatable bonds is 5. The summed E-state index contributed by atoms with van der Waals surface area (Å²) in [7, 11) is 1.66. The number of hydrogen-bond donors (Lipinski definition) is 2. The third-order valence-corrected chi connectivity index (χ3v) is 8.17. The smallest absolute Gasteiger partial charge is 0.270 e. The standard InChI is InChI=1S/C28H30N6O3/c1-17(2)11-23(33(3)25(35)22-12-18-7-6-10-30-24(18)31-22)26(36)34-15-27(13-19(34)14-29)20-8-4-5-9-21(20)32-28(27)16-37-28/h4-10,12,17,19,23,32H,11,13,15-16H2,1-3H3,(H,30,31)/t19-,23-,27-,28?/m0/s1. The molecule has 3 aliphatic rings. The number of anilines is 1. The van der Waals surface area contributed by atoms with E-state index >= 15 is 0 Å². The number of pyridine rings is 1. The maximum absolute atomic E-state index is 14.2. The minimum absolute atomic E-state index is 0.165. The Morgan fingerprint density at radius 3 is 2.78 bits per heavy atom. The van der Waals surface area contributed by atoms with E-state index in [-0.39, 0.29) is 17.7 Å². The average molecular weight is 499 g/mol. The first-order valence-electron chi connectivity index (χ1n) is 12.7. The Morgan fingerprint density at radius 1 is 1.30 bits per heavy atom. The van der Waals surface area contributed by atoms with Crippen molar-refractivity contribution in [2.45, 2.75) is 49.9 Å². The number of nitrogens with one attached hydrogen (secondary N) is 2. The summed E-state index contributed by atoms with van der Waals surface area (Å²) in [5.74, 6) is -0.325. The molecule has 0 bridgehead atoms. The molecule has 0 aliphatic carbocycles. The van der Waals surface area contributed by atoms with Gasteiger partial charge in [-0.3, -0.25) is 9.59 Å². The second kappa shape index (κ2) is 8.32. The molecular formula is C28H30N6O3. The maximum Gasteiger partial charge on any atom is 0.270 e. The van der Waals surface area contributed by atoms with Gasteiger partial charge in [-0.2, -0.15) is 5.26 Å². The first-order chi connectivity index (χ1) is 17.8. The number of aromatic nitrogens is 2. The van der Waals surface area contributed by atoms with E-state index in [1.165, 1.54) is 4.90 Å². The number of ether oxygens (including phenoxy) is 1. The number of carbonyl (C=O) groups excluding carboxylic acids is 2. The van der Waals surface area contributed by atoms with E-state index in [2.05, 4.69) is 27.4 Å². The molecule has 1 aromatic carbocycles. The Labute approximate surface area is 215 Å². The zero-order chi connectivity index (χ0) is 25.9. The van der Waals surface area contributed by atoms with Gasteiger partial charge in [0.05, 0.1) is 18.1 Å². The second-order valence-electron chi connectivity index (χ2n) is 10.9. The van der Waals surface area contributed by atoms with Gasteiger partial charge < -0.3 is 24.8 Å². The molecule has 3 aliphatic heterocycles. The highest BCUT2D eigenvalue weighted by Gasteiger charge is 2.71. The fourth-order valence-electron chi connectivity index (χ4n) is 6.19. The molecule has 4 atom stereocenters. The van der Waals surface area contributed by atoms with Crippen molar-refractivity contribution in [1.82, 2.24) is 19.8 Å². The Morgan fingerprint density at radius 2 is 2.08 bits per heavy atom. The van der Waals surface area contributed by atoms with Crippen molar-refractivity contribution in [3.05, 3.63) is 59.9 Å². The largest absolute Gasteiger partial charge is 0.355 e. The van der Waals surface area contributed by atoms with Gasteiger partial charge in [0.2, 0.25) is 5.91 Å². The predicted octanol–water partition coefficient (Wildman–Crippen LogP) is 3.26. The number of epoxide rings is 1. The van der Waals surface area contributed by atoms with Gasteiger partial charge >= 0.3 is 0 Å². The number of fused-ring (bicyclic) bond motifs is 4. The van der Waals surface area contributed by atoms with Crippen molar-refractivity contribution in [3.8, 4) is 6.07 Å².